The van der Waals surface area contributed by atoms with Crippen molar-refractivity contribution in [2.75, 3.05) is 40.0 Å². The van der Waals surface area contributed by atoms with Gasteiger partial charge in [0.15, 0.2) is 11.5 Å². The summed E-state index contributed by atoms with van der Waals surface area (Å²) in [5.41, 5.74) is 0.974. The molecule has 198 valence electrons. The molecular formula is C26H30ClN3O7. The second-order valence-electron chi connectivity index (χ2n) is 8.64. The largest absolute Gasteiger partial charge is 0.497 e. The Morgan fingerprint density at radius 2 is 1.76 bits per heavy atom. The lowest BCUT2D eigenvalue weighted by Gasteiger charge is -2.21. The van der Waals surface area contributed by atoms with Gasteiger partial charge in [0.25, 0.3) is 5.91 Å². The maximum absolute atomic E-state index is 12.9. The molecule has 0 unspecified atom stereocenters. The average molecular weight is 532 g/mol. The van der Waals surface area contributed by atoms with Crippen molar-refractivity contribution in [3.63, 3.8) is 0 Å². The number of fused-ring (bicyclic) bond motifs is 2. The van der Waals surface area contributed by atoms with E-state index in [1.54, 1.807) is 30.3 Å². The third kappa shape index (κ3) is 6.97. The Morgan fingerprint density at radius 1 is 1.00 bits per heavy atom. The zero-order chi connectivity index (χ0) is 26.2. The first-order valence-electron chi connectivity index (χ1n) is 12.2. The number of hydrogen-bond acceptors (Lipinski definition) is 7. The molecule has 0 aliphatic carbocycles. The molecule has 0 bridgehead atoms. The number of nitrogens with one attached hydrogen (secondary N) is 3. The van der Waals surface area contributed by atoms with E-state index in [1.165, 1.54) is 7.11 Å². The number of carbonyl (C=O) groups excluding carboxylic acids is 3. The highest BCUT2D eigenvalue weighted by Crippen LogP contribution is 2.35. The fourth-order valence-corrected chi connectivity index (χ4v) is 4.31. The van der Waals surface area contributed by atoms with Crippen LogP contribution in [0, 0.1) is 0 Å². The Hall–Kier alpha value is -3.66. The molecular weight excluding hydrogens is 502 g/mol. The highest BCUT2D eigenvalue weighted by molar-refractivity contribution is 6.31. The minimum Gasteiger partial charge on any atom is -0.497 e. The second-order valence-corrected chi connectivity index (χ2v) is 9.04. The molecule has 0 aromatic heterocycles. The van der Waals surface area contributed by atoms with Gasteiger partial charge in [-0.15, -0.1) is 0 Å². The summed E-state index contributed by atoms with van der Waals surface area (Å²) in [7, 11) is 1.53. The number of amides is 3. The van der Waals surface area contributed by atoms with Gasteiger partial charge >= 0.3 is 0 Å². The van der Waals surface area contributed by atoms with Crippen LogP contribution < -0.4 is 34.9 Å². The van der Waals surface area contributed by atoms with Gasteiger partial charge in [0.1, 0.15) is 37.4 Å². The first kappa shape index (κ1) is 26.4. The molecule has 0 saturated heterocycles. The smallest absolute Gasteiger partial charge is 0.255 e. The first-order chi connectivity index (χ1) is 17.9. The molecule has 0 saturated carbocycles. The van der Waals surface area contributed by atoms with Crippen LogP contribution in [-0.4, -0.2) is 63.8 Å². The molecule has 2 aromatic carbocycles. The Bertz CT molecular complexity index is 1160. The van der Waals surface area contributed by atoms with Gasteiger partial charge < -0.3 is 34.9 Å². The second kappa shape index (κ2) is 12.5. The zero-order valence-electron chi connectivity index (χ0n) is 20.6. The average Bonchev–Trinajstić information content (AvgIpc) is 2.89. The molecule has 11 heteroatoms. The maximum atomic E-state index is 12.9. The van der Waals surface area contributed by atoms with Crippen molar-refractivity contribution >= 4 is 29.3 Å². The van der Waals surface area contributed by atoms with Gasteiger partial charge in [-0.25, -0.2) is 0 Å². The highest BCUT2D eigenvalue weighted by atomic mass is 35.5. The van der Waals surface area contributed by atoms with Crippen molar-refractivity contribution in [2.24, 2.45) is 0 Å². The zero-order valence-corrected chi connectivity index (χ0v) is 21.3. The topological polar surface area (TPSA) is 124 Å². The summed E-state index contributed by atoms with van der Waals surface area (Å²) in [6, 6.07) is 7.56. The van der Waals surface area contributed by atoms with Crippen molar-refractivity contribution in [2.45, 2.75) is 31.7 Å². The summed E-state index contributed by atoms with van der Waals surface area (Å²) >= 11 is 6.34. The van der Waals surface area contributed by atoms with Crippen molar-refractivity contribution in [1.82, 2.24) is 16.0 Å². The molecule has 1 atom stereocenters. The number of methoxy groups -OCH3 is 1. The van der Waals surface area contributed by atoms with E-state index in [9.17, 15) is 14.4 Å². The Kier molecular flexibility index (Phi) is 8.95. The van der Waals surface area contributed by atoms with Crippen LogP contribution >= 0.6 is 11.6 Å². The van der Waals surface area contributed by atoms with Crippen molar-refractivity contribution < 1.29 is 33.3 Å². The van der Waals surface area contributed by atoms with Crippen LogP contribution in [-0.2, 0) is 16.0 Å². The highest BCUT2D eigenvalue weighted by Gasteiger charge is 2.23. The summed E-state index contributed by atoms with van der Waals surface area (Å²) in [5, 5.41) is 8.89. The monoisotopic (exact) mass is 531 g/mol. The summed E-state index contributed by atoms with van der Waals surface area (Å²) in [5.74, 6) is 1.10. The van der Waals surface area contributed by atoms with E-state index in [-0.39, 0.29) is 37.3 Å². The Balaban J connectivity index is 1.39. The minimum atomic E-state index is -0.741. The predicted molar refractivity (Wildman–Crippen MR) is 136 cm³/mol. The van der Waals surface area contributed by atoms with E-state index in [0.29, 0.717) is 78.2 Å². The molecule has 2 heterocycles. The van der Waals surface area contributed by atoms with Crippen LogP contribution in [0.15, 0.2) is 30.3 Å². The van der Waals surface area contributed by atoms with Gasteiger partial charge in [-0.05, 0) is 43.0 Å². The van der Waals surface area contributed by atoms with E-state index in [4.69, 9.17) is 30.5 Å². The molecule has 37 heavy (non-hydrogen) atoms. The SMILES string of the molecule is COc1ccc2c(c1)OCCNC(=O)[C@@H](NC(=O)Cc1cc3c(cc1Cl)OCCO3)CCCCNC2=O. The van der Waals surface area contributed by atoms with E-state index in [2.05, 4.69) is 16.0 Å². The lowest BCUT2D eigenvalue weighted by molar-refractivity contribution is -0.129. The van der Waals surface area contributed by atoms with Crippen molar-refractivity contribution in [3.05, 3.63) is 46.5 Å². The summed E-state index contributed by atoms with van der Waals surface area (Å²) in [6.45, 7) is 1.60. The quantitative estimate of drug-likeness (QED) is 0.553. The predicted octanol–water partition coefficient (Wildman–Crippen LogP) is 2.26. The van der Waals surface area contributed by atoms with Crippen LogP contribution in [0.2, 0.25) is 5.02 Å². The minimum absolute atomic E-state index is 0.0168. The van der Waals surface area contributed by atoms with E-state index >= 15 is 0 Å². The number of hydrogen-bond donors (Lipinski definition) is 3. The summed E-state index contributed by atoms with van der Waals surface area (Å²) in [4.78, 5) is 38.4. The van der Waals surface area contributed by atoms with Crippen LogP contribution in [0.5, 0.6) is 23.0 Å². The molecule has 4 rings (SSSR count). The molecule has 3 amide bonds. The Morgan fingerprint density at radius 3 is 2.54 bits per heavy atom. The summed E-state index contributed by atoms with van der Waals surface area (Å²) in [6.07, 6.45) is 1.65. The van der Waals surface area contributed by atoms with Gasteiger partial charge in [-0.2, -0.15) is 0 Å². The summed E-state index contributed by atoms with van der Waals surface area (Å²) < 4.78 is 22.1. The lowest BCUT2D eigenvalue weighted by Crippen LogP contribution is -2.48. The van der Waals surface area contributed by atoms with Crippen LogP contribution in [0.3, 0.4) is 0 Å². The third-order valence-corrected chi connectivity index (χ3v) is 6.36. The van der Waals surface area contributed by atoms with Crippen molar-refractivity contribution in [1.29, 1.82) is 0 Å². The lowest BCUT2D eigenvalue weighted by atomic mass is 10.1. The van der Waals surface area contributed by atoms with E-state index in [1.807, 2.05) is 0 Å². The maximum Gasteiger partial charge on any atom is 0.255 e. The number of rotatable bonds is 4. The van der Waals surface area contributed by atoms with Crippen LogP contribution in [0.25, 0.3) is 0 Å². The standard InChI is InChI=1S/C26H30ClN3O7/c1-34-17-5-6-18-21(14-17)35-9-8-29-26(33)20(4-2-3-7-28-25(18)32)30-24(31)13-16-12-22-23(15-19(16)27)37-11-10-36-22/h5-6,12,14-15,20H,2-4,7-11,13H2,1H3,(H,28,32)(H,29,33)(H,30,31)/t20-/m0/s1. The van der Waals surface area contributed by atoms with E-state index < -0.39 is 6.04 Å². The van der Waals surface area contributed by atoms with Gasteiger partial charge in [-0.1, -0.05) is 11.6 Å². The molecule has 3 N–H and O–H groups in total. The fraction of sp³-hybridized carbons (Fsp3) is 0.423. The number of carbonyl (C=O) groups is 3. The van der Waals surface area contributed by atoms with Crippen molar-refractivity contribution in [3.8, 4) is 23.0 Å². The number of benzene rings is 2. The number of ether oxygens (including phenoxy) is 4. The van der Waals surface area contributed by atoms with E-state index in [0.717, 1.165) is 0 Å². The molecule has 0 radical (unpaired) electrons. The molecule has 0 fully saturated rings. The third-order valence-electron chi connectivity index (χ3n) is 6.01. The van der Waals surface area contributed by atoms with Crippen LogP contribution in [0.1, 0.15) is 35.2 Å². The normalized spacial score (nSPS) is 18.3. The first-order valence-corrected chi connectivity index (χ1v) is 12.6. The molecule has 2 aliphatic rings. The molecule has 10 nitrogen and oxygen atoms in total. The number of halogens is 1. The fourth-order valence-electron chi connectivity index (χ4n) is 4.09. The van der Waals surface area contributed by atoms with Crippen LogP contribution in [0.4, 0.5) is 0 Å². The Labute approximate surface area is 219 Å². The molecule has 2 aliphatic heterocycles. The van der Waals surface area contributed by atoms with Gasteiger partial charge in [0, 0.05) is 23.7 Å². The van der Waals surface area contributed by atoms with Gasteiger partial charge in [-0.3, -0.25) is 14.4 Å². The van der Waals surface area contributed by atoms with Gasteiger partial charge in [0.05, 0.1) is 25.6 Å². The van der Waals surface area contributed by atoms with Gasteiger partial charge in [0.2, 0.25) is 11.8 Å². The molecule has 2 aromatic rings. The molecule has 0 spiro atoms.